The molecule has 0 aliphatic carbocycles. The summed E-state index contributed by atoms with van der Waals surface area (Å²) in [5.41, 5.74) is 1.24. The van der Waals surface area contributed by atoms with Crippen molar-refractivity contribution in [2.45, 2.75) is 31.0 Å². The third-order valence-corrected chi connectivity index (χ3v) is 6.13. The van der Waals surface area contributed by atoms with Crippen molar-refractivity contribution in [2.24, 2.45) is 0 Å². The molecule has 27 heavy (non-hydrogen) atoms. The van der Waals surface area contributed by atoms with Crippen LogP contribution in [0.5, 0.6) is 0 Å². The van der Waals surface area contributed by atoms with Crippen molar-refractivity contribution < 1.29 is 9.53 Å². The van der Waals surface area contributed by atoms with Gasteiger partial charge in [0, 0.05) is 38.3 Å². The second-order valence-electron chi connectivity index (χ2n) is 8.27. The van der Waals surface area contributed by atoms with E-state index in [2.05, 4.69) is 51.3 Å². The van der Waals surface area contributed by atoms with Gasteiger partial charge in [0.15, 0.2) is 0 Å². The van der Waals surface area contributed by atoms with E-state index in [1.807, 2.05) is 6.07 Å². The maximum absolute atomic E-state index is 12.5. The number of benzene rings is 1. The highest BCUT2D eigenvalue weighted by Gasteiger charge is 2.38. The number of ether oxygens (including phenoxy) is 1. The molecule has 0 radical (unpaired) electrons. The first-order valence-electron chi connectivity index (χ1n) is 10.3. The summed E-state index contributed by atoms with van der Waals surface area (Å²) in [6, 6.07) is 11.1. The maximum Gasteiger partial charge on any atom is 0.234 e. The maximum atomic E-state index is 12.5. The SMILES string of the molecule is CN1CCCN(CC(=O)N[C@@H]2C[C@H]3CO[C@@H](c4ccccc4)CN3C2)CC1. The lowest BCUT2D eigenvalue weighted by Gasteiger charge is -2.35. The molecule has 6 heteroatoms. The Morgan fingerprint density at radius 1 is 1.15 bits per heavy atom. The summed E-state index contributed by atoms with van der Waals surface area (Å²) in [4.78, 5) is 19.7. The second kappa shape index (κ2) is 8.69. The van der Waals surface area contributed by atoms with Crippen LogP contribution in [0.1, 0.15) is 24.5 Å². The van der Waals surface area contributed by atoms with E-state index in [1.165, 1.54) is 5.56 Å². The Kier molecular flexibility index (Phi) is 6.08. The average Bonchev–Trinajstić information content (AvgIpc) is 2.96. The largest absolute Gasteiger partial charge is 0.371 e. The first-order chi connectivity index (χ1) is 13.2. The number of nitrogens with one attached hydrogen (secondary N) is 1. The molecule has 0 aromatic heterocycles. The first kappa shape index (κ1) is 18.9. The predicted octanol–water partition coefficient (Wildman–Crippen LogP) is 0.955. The summed E-state index contributed by atoms with van der Waals surface area (Å²) in [5.74, 6) is 0.171. The minimum absolute atomic E-state index is 0.144. The fraction of sp³-hybridized carbons (Fsp3) is 0.667. The van der Waals surface area contributed by atoms with E-state index in [0.717, 1.165) is 58.7 Å². The van der Waals surface area contributed by atoms with Gasteiger partial charge < -0.3 is 15.0 Å². The van der Waals surface area contributed by atoms with Crippen molar-refractivity contribution in [3.63, 3.8) is 0 Å². The molecule has 3 aliphatic rings. The number of carbonyl (C=O) groups excluding carboxylic acids is 1. The van der Waals surface area contributed by atoms with E-state index >= 15 is 0 Å². The van der Waals surface area contributed by atoms with Gasteiger partial charge in [-0.15, -0.1) is 0 Å². The number of nitrogens with zero attached hydrogens (tertiary/aromatic N) is 3. The fourth-order valence-electron chi connectivity index (χ4n) is 4.58. The van der Waals surface area contributed by atoms with Gasteiger partial charge in [-0.05, 0) is 38.5 Å². The van der Waals surface area contributed by atoms with Gasteiger partial charge in [-0.3, -0.25) is 14.6 Å². The topological polar surface area (TPSA) is 48.1 Å². The molecule has 1 amide bonds. The van der Waals surface area contributed by atoms with Gasteiger partial charge in [0.05, 0.1) is 19.3 Å². The Balaban J connectivity index is 1.25. The number of amides is 1. The number of fused-ring (bicyclic) bond motifs is 1. The Morgan fingerprint density at radius 2 is 2.00 bits per heavy atom. The molecule has 4 rings (SSSR count). The van der Waals surface area contributed by atoms with E-state index in [0.29, 0.717) is 12.6 Å². The Hall–Kier alpha value is -1.47. The zero-order valence-electron chi connectivity index (χ0n) is 16.3. The number of hydrogen-bond donors (Lipinski definition) is 1. The van der Waals surface area contributed by atoms with Crippen LogP contribution >= 0.6 is 0 Å². The van der Waals surface area contributed by atoms with E-state index in [4.69, 9.17) is 4.74 Å². The van der Waals surface area contributed by atoms with Gasteiger partial charge in [-0.25, -0.2) is 0 Å². The van der Waals surface area contributed by atoms with Gasteiger partial charge in [-0.1, -0.05) is 30.3 Å². The van der Waals surface area contributed by atoms with Gasteiger partial charge in [0.2, 0.25) is 5.91 Å². The number of likely N-dealkylation sites (N-methyl/N-ethyl adjacent to an activating group) is 1. The second-order valence-corrected chi connectivity index (χ2v) is 8.27. The van der Waals surface area contributed by atoms with E-state index in [1.54, 1.807) is 0 Å². The molecule has 6 nitrogen and oxygen atoms in total. The van der Waals surface area contributed by atoms with Crippen LogP contribution in [0.2, 0.25) is 0 Å². The monoisotopic (exact) mass is 372 g/mol. The molecule has 0 bridgehead atoms. The van der Waals surface area contributed by atoms with Crippen molar-refractivity contribution >= 4 is 5.91 Å². The molecule has 0 unspecified atom stereocenters. The lowest BCUT2D eigenvalue weighted by molar-refractivity contribution is -0.122. The summed E-state index contributed by atoms with van der Waals surface area (Å²) in [5, 5.41) is 3.28. The van der Waals surface area contributed by atoms with Crippen molar-refractivity contribution in [3.8, 4) is 0 Å². The summed E-state index contributed by atoms with van der Waals surface area (Å²) in [6.45, 7) is 7.30. The molecular weight excluding hydrogens is 340 g/mol. The highest BCUT2D eigenvalue weighted by molar-refractivity contribution is 5.78. The van der Waals surface area contributed by atoms with Crippen LogP contribution in [0.3, 0.4) is 0 Å². The van der Waals surface area contributed by atoms with Crippen LogP contribution in [0.15, 0.2) is 30.3 Å². The number of rotatable bonds is 4. The van der Waals surface area contributed by atoms with Crippen LogP contribution in [0.4, 0.5) is 0 Å². The Bertz CT molecular complexity index is 626. The molecule has 3 atom stereocenters. The highest BCUT2D eigenvalue weighted by atomic mass is 16.5. The number of carbonyl (C=O) groups is 1. The van der Waals surface area contributed by atoms with Crippen molar-refractivity contribution in [1.82, 2.24) is 20.0 Å². The summed E-state index contributed by atoms with van der Waals surface area (Å²) < 4.78 is 6.11. The first-order valence-corrected chi connectivity index (χ1v) is 10.3. The smallest absolute Gasteiger partial charge is 0.234 e. The molecule has 3 heterocycles. The molecule has 148 valence electrons. The molecule has 0 spiro atoms. The van der Waals surface area contributed by atoms with Crippen molar-refractivity contribution in [2.75, 3.05) is 59.5 Å². The lowest BCUT2D eigenvalue weighted by Crippen LogP contribution is -2.44. The average molecular weight is 373 g/mol. The van der Waals surface area contributed by atoms with E-state index in [9.17, 15) is 4.79 Å². The van der Waals surface area contributed by atoms with Crippen LogP contribution in [0.25, 0.3) is 0 Å². The minimum Gasteiger partial charge on any atom is -0.371 e. The van der Waals surface area contributed by atoms with Gasteiger partial charge in [-0.2, -0.15) is 0 Å². The number of hydrogen-bond acceptors (Lipinski definition) is 5. The van der Waals surface area contributed by atoms with Crippen LogP contribution in [-0.4, -0.2) is 92.2 Å². The molecule has 1 N–H and O–H groups in total. The summed E-state index contributed by atoms with van der Waals surface area (Å²) >= 11 is 0. The molecule has 3 saturated heterocycles. The molecular formula is C21H32N4O2. The van der Waals surface area contributed by atoms with Crippen LogP contribution in [0, 0.1) is 0 Å². The van der Waals surface area contributed by atoms with Crippen molar-refractivity contribution in [1.29, 1.82) is 0 Å². The lowest BCUT2D eigenvalue weighted by atomic mass is 10.1. The predicted molar refractivity (Wildman–Crippen MR) is 106 cm³/mol. The van der Waals surface area contributed by atoms with Gasteiger partial charge >= 0.3 is 0 Å². The summed E-state index contributed by atoms with van der Waals surface area (Å²) in [6.07, 6.45) is 2.28. The zero-order chi connectivity index (χ0) is 18.6. The third-order valence-electron chi connectivity index (χ3n) is 6.13. The van der Waals surface area contributed by atoms with Crippen molar-refractivity contribution in [3.05, 3.63) is 35.9 Å². The van der Waals surface area contributed by atoms with Gasteiger partial charge in [0.25, 0.3) is 0 Å². The fourth-order valence-corrected chi connectivity index (χ4v) is 4.58. The standard InChI is InChI=1S/C21H32N4O2/c1-23-8-5-9-24(11-10-23)15-21(26)22-18-12-19-16-27-20(14-25(19)13-18)17-6-3-2-4-7-17/h2-4,6-7,18-20H,5,8-16H2,1H3,(H,22,26)/t18-,19+,20-/m1/s1. The Morgan fingerprint density at radius 3 is 2.85 bits per heavy atom. The van der Waals surface area contributed by atoms with E-state index in [-0.39, 0.29) is 18.1 Å². The highest BCUT2D eigenvalue weighted by Crippen LogP contribution is 2.30. The molecule has 3 aliphatic heterocycles. The van der Waals surface area contributed by atoms with Gasteiger partial charge in [0.1, 0.15) is 0 Å². The summed E-state index contributed by atoms with van der Waals surface area (Å²) in [7, 11) is 2.16. The molecule has 1 aromatic carbocycles. The Labute approximate surface area is 162 Å². The minimum atomic E-state index is 0.144. The molecule has 0 saturated carbocycles. The third kappa shape index (κ3) is 4.88. The zero-order valence-corrected chi connectivity index (χ0v) is 16.3. The normalized spacial score (nSPS) is 30.6. The quantitative estimate of drug-likeness (QED) is 0.853. The molecule has 3 fully saturated rings. The number of morpholine rings is 1. The van der Waals surface area contributed by atoms with Crippen LogP contribution < -0.4 is 5.32 Å². The van der Waals surface area contributed by atoms with E-state index < -0.39 is 0 Å². The molecule has 1 aromatic rings. The van der Waals surface area contributed by atoms with Crippen LogP contribution in [-0.2, 0) is 9.53 Å².